The summed E-state index contributed by atoms with van der Waals surface area (Å²) < 4.78 is 53.5. The van der Waals surface area contributed by atoms with Gasteiger partial charge in [-0.05, 0) is 43.4 Å². The van der Waals surface area contributed by atoms with E-state index >= 15 is 0 Å². The van der Waals surface area contributed by atoms with E-state index in [4.69, 9.17) is 0 Å². The van der Waals surface area contributed by atoms with Gasteiger partial charge in [0.05, 0.1) is 11.6 Å². The van der Waals surface area contributed by atoms with E-state index in [1.165, 1.54) is 16.8 Å². The maximum Gasteiger partial charge on any atom is 0.416 e. The van der Waals surface area contributed by atoms with Crippen molar-refractivity contribution in [2.75, 3.05) is 0 Å². The molecule has 1 atom stereocenters. The van der Waals surface area contributed by atoms with Crippen LogP contribution in [0.1, 0.15) is 41.5 Å². The summed E-state index contributed by atoms with van der Waals surface area (Å²) in [6.45, 7) is 0.680. The number of fused-ring (bicyclic) bond motifs is 1. The maximum atomic E-state index is 13.4. The minimum absolute atomic E-state index is 0.0173. The molecule has 3 aromatic rings. The van der Waals surface area contributed by atoms with Crippen LogP contribution in [0.15, 0.2) is 29.1 Å². The molecule has 1 N–H and O–H groups in total. The minimum atomic E-state index is -4.42. The van der Waals surface area contributed by atoms with Crippen LogP contribution in [0.3, 0.4) is 0 Å². The Morgan fingerprint density at radius 2 is 1.93 bits per heavy atom. The number of hydrogen-bond acceptors (Lipinski definition) is 3. The standard InChI is InChI=1S/C18H16F4N4O/c1-9-23-16-14(17(27)24-9)13(8-19)25-26(16)15(10-2-3-10)11-4-6-12(7-5-11)18(20,21)22/h4-7,10,15H,2-3,8H2,1H3,(H,23,24,27). The number of H-pyrrole nitrogens is 1. The normalized spacial score (nSPS) is 16.0. The molecule has 9 heteroatoms. The first-order valence-electron chi connectivity index (χ1n) is 8.50. The van der Waals surface area contributed by atoms with Gasteiger partial charge < -0.3 is 4.98 Å². The molecule has 1 aliphatic carbocycles. The molecule has 0 bridgehead atoms. The van der Waals surface area contributed by atoms with Crippen LogP contribution in [0.5, 0.6) is 0 Å². The van der Waals surface area contributed by atoms with Gasteiger partial charge in [0.1, 0.15) is 23.6 Å². The summed E-state index contributed by atoms with van der Waals surface area (Å²) in [4.78, 5) is 19.1. The summed E-state index contributed by atoms with van der Waals surface area (Å²) in [5, 5.41) is 4.34. The Kier molecular flexibility index (Phi) is 4.05. The Hall–Kier alpha value is -2.71. The Morgan fingerprint density at radius 1 is 1.26 bits per heavy atom. The van der Waals surface area contributed by atoms with Crippen molar-refractivity contribution < 1.29 is 17.6 Å². The van der Waals surface area contributed by atoms with Crippen LogP contribution < -0.4 is 5.56 Å². The average Bonchev–Trinajstić information content (AvgIpc) is 3.36. The highest BCUT2D eigenvalue weighted by Crippen LogP contribution is 2.44. The molecule has 142 valence electrons. The molecule has 1 saturated carbocycles. The number of benzene rings is 1. The monoisotopic (exact) mass is 380 g/mol. The predicted molar refractivity (Wildman–Crippen MR) is 90.0 cm³/mol. The topological polar surface area (TPSA) is 63.6 Å². The minimum Gasteiger partial charge on any atom is -0.310 e. The molecule has 4 rings (SSSR count). The van der Waals surface area contributed by atoms with Gasteiger partial charge in [-0.25, -0.2) is 14.1 Å². The smallest absolute Gasteiger partial charge is 0.310 e. The van der Waals surface area contributed by atoms with Crippen LogP contribution in [-0.2, 0) is 12.9 Å². The number of nitrogens with one attached hydrogen (secondary N) is 1. The van der Waals surface area contributed by atoms with Crippen LogP contribution >= 0.6 is 0 Å². The van der Waals surface area contributed by atoms with E-state index in [-0.39, 0.29) is 22.6 Å². The van der Waals surface area contributed by atoms with Crippen molar-refractivity contribution in [3.05, 3.63) is 57.3 Å². The molecule has 1 unspecified atom stereocenters. The van der Waals surface area contributed by atoms with Gasteiger partial charge >= 0.3 is 6.18 Å². The Labute approximate surface area is 151 Å². The number of rotatable bonds is 4. The summed E-state index contributed by atoms with van der Waals surface area (Å²) in [6.07, 6.45) is -2.67. The molecule has 0 spiro atoms. The number of aryl methyl sites for hydroxylation is 1. The molecule has 27 heavy (non-hydrogen) atoms. The van der Waals surface area contributed by atoms with Crippen molar-refractivity contribution in [1.29, 1.82) is 0 Å². The zero-order valence-electron chi connectivity index (χ0n) is 14.3. The second-order valence-corrected chi connectivity index (χ2v) is 6.78. The molecule has 1 aliphatic rings. The zero-order chi connectivity index (χ0) is 19.3. The van der Waals surface area contributed by atoms with E-state index in [1.54, 1.807) is 6.92 Å². The Morgan fingerprint density at radius 3 is 2.48 bits per heavy atom. The van der Waals surface area contributed by atoms with Gasteiger partial charge in [-0.3, -0.25) is 4.79 Å². The number of hydrogen-bond donors (Lipinski definition) is 1. The number of nitrogens with zero attached hydrogens (tertiary/aromatic N) is 3. The van der Waals surface area contributed by atoms with Crippen molar-refractivity contribution in [3.63, 3.8) is 0 Å². The Balaban J connectivity index is 1.88. The second kappa shape index (κ2) is 6.17. The van der Waals surface area contributed by atoms with E-state index in [9.17, 15) is 22.4 Å². The van der Waals surface area contributed by atoms with E-state index in [0.29, 0.717) is 11.4 Å². The maximum absolute atomic E-state index is 13.4. The highest BCUT2D eigenvalue weighted by atomic mass is 19.4. The lowest BCUT2D eigenvalue weighted by molar-refractivity contribution is -0.137. The summed E-state index contributed by atoms with van der Waals surface area (Å²) in [6, 6.07) is 4.47. The lowest BCUT2D eigenvalue weighted by atomic mass is 10.0. The third-order valence-electron chi connectivity index (χ3n) is 4.79. The number of aromatic amines is 1. The lowest BCUT2D eigenvalue weighted by Gasteiger charge is -2.19. The van der Waals surface area contributed by atoms with Gasteiger partial charge in [-0.2, -0.15) is 18.3 Å². The van der Waals surface area contributed by atoms with Crippen LogP contribution in [0.2, 0.25) is 0 Å². The molecule has 0 saturated heterocycles. The molecule has 0 amide bonds. The second-order valence-electron chi connectivity index (χ2n) is 6.78. The van der Waals surface area contributed by atoms with Crippen molar-refractivity contribution >= 4 is 11.0 Å². The van der Waals surface area contributed by atoms with E-state index in [0.717, 1.165) is 25.0 Å². The molecule has 0 aliphatic heterocycles. The van der Waals surface area contributed by atoms with Gasteiger partial charge in [-0.1, -0.05) is 12.1 Å². The van der Waals surface area contributed by atoms with Crippen molar-refractivity contribution in [1.82, 2.24) is 19.7 Å². The average molecular weight is 380 g/mol. The number of halogens is 4. The molecule has 2 heterocycles. The van der Waals surface area contributed by atoms with Gasteiger partial charge in [0, 0.05) is 0 Å². The number of alkyl halides is 4. The molecular formula is C18H16F4N4O. The van der Waals surface area contributed by atoms with Crippen LogP contribution in [0, 0.1) is 12.8 Å². The highest BCUT2D eigenvalue weighted by molar-refractivity contribution is 5.77. The molecule has 0 radical (unpaired) electrons. The van der Waals surface area contributed by atoms with Crippen LogP contribution in [-0.4, -0.2) is 19.7 Å². The summed E-state index contributed by atoms with van der Waals surface area (Å²) in [5.41, 5.74) is -0.351. The van der Waals surface area contributed by atoms with Crippen LogP contribution in [0.4, 0.5) is 17.6 Å². The van der Waals surface area contributed by atoms with Crippen molar-refractivity contribution in [3.8, 4) is 0 Å². The quantitative estimate of drug-likeness (QED) is 0.698. The van der Waals surface area contributed by atoms with Gasteiger partial charge in [0.25, 0.3) is 5.56 Å². The van der Waals surface area contributed by atoms with E-state index in [1.807, 2.05) is 0 Å². The molecule has 1 fully saturated rings. The first-order valence-corrected chi connectivity index (χ1v) is 8.50. The van der Waals surface area contributed by atoms with Crippen molar-refractivity contribution in [2.24, 2.45) is 5.92 Å². The fourth-order valence-corrected chi connectivity index (χ4v) is 3.41. The van der Waals surface area contributed by atoms with E-state index < -0.39 is 30.0 Å². The largest absolute Gasteiger partial charge is 0.416 e. The molecular weight excluding hydrogens is 364 g/mol. The first-order chi connectivity index (χ1) is 12.8. The molecule has 1 aromatic carbocycles. The SMILES string of the molecule is Cc1nc2c(c(CF)nn2C(c2ccc(C(F)(F)F)cc2)C2CC2)c(=O)[nH]1. The van der Waals surface area contributed by atoms with Gasteiger partial charge in [0.2, 0.25) is 0 Å². The predicted octanol–water partition coefficient (Wildman–Crippen LogP) is 3.92. The zero-order valence-corrected chi connectivity index (χ0v) is 14.3. The van der Waals surface area contributed by atoms with Gasteiger partial charge in [-0.15, -0.1) is 0 Å². The van der Waals surface area contributed by atoms with Gasteiger partial charge in [0.15, 0.2) is 5.65 Å². The summed E-state index contributed by atoms with van der Waals surface area (Å²) in [7, 11) is 0. The fourth-order valence-electron chi connectivity index (χ4n) is 3.41. The Bertz CT molecular complexity index is 1050. The van der Waals surface area contributed by atoms with Crippen LogP contribution in [0.25, 0.3) is 11.0 Å². The van der Waals surface area contributed by atoms with Crippen molar-refractivity contribution in [2.45, 2.75) is 38.7 Å². The third kappa shape index (κ3) is 3.11. The molecule has 2 aromatic heterocycles. The molecule has 5 nitrogen and oxygen atoms in total. The highest BCUT2D eigenvalue weighted by Gasteiger charge is 2.37. The third-order valence-corrected chi connectivity index (χ3v) is 4.79. The fraction of sp³-hybridized carbons (Fsp3) is 0.389. The number of aromatic nitrogens is 4. The summed E-state index contributed by atoms with van der Waals surface area (Å²) in [5.74, 6) is 0.514. The summed E-state index contributed by atoms with van der Waals surface area (Å²) >= 11 is 0. The van der Waals surface area contributed by atoms with E-state index in [2.05, 4.69) is 15.1 Å². The first kappa shape index (κ1) is 17.7. The lowest BCUT2D eigenvalue weighted by Crippen LogP contribution is -2.17.